The molecule has 0 radical (unpaired) electrons. The van der Waals surface area contributed by atoms with E-state index in [0.29, 0.717) is 0 Å². The molecule has 0 aromatic carbocycles. The van der Waals surface area contributed by atoms with Gasteiger partial charge in [0.1, 0.15) is 24.4 Å². The van der Waals surface area contributed by atoms with Gasteiger partial charge in [-0.05, 0) is 6.92 Å². The molecule has 0 saturated carbocycles. The summed E-state index contributed by atoms with van der Waals surface area (Å²) >= 11 is 0. The quantitative estimate of drug-likeness (QED) is 0.381. The zero-order valence-electron chi connectivity index (χ0n) is 11.2. The molecule has 118 valence electrons. The lowest BCUT2D eigenvalue weighted by Gasteiger charge is -2.39. The minimum atomic E-state index is -1.36. The number of aliphatic hydroxyl groups is 5. The lowest BCUT2D eigenvalue weighted by atomic mass is 10.00. The number of ether oxygens (including phenoxy) is 3. The summed E-state index contributed by atoms with van der Waals surface area (Å²) in [6.45, 7) is 1.62. The number of aliphatic hydroxyl groups excluding tert-OH is 5. The van der Waals surface area contributed by atoms with Crippen molar-refractivity contribution in [2.75, 3.05) is 13.2 Å². The second kappa shape index (κ2) is 6.63. The molecule has 0 bridgehead atoms. The number of hydrogen-bond donors (Lipinski definition) is 5. The minimum Gasteiger partial charge on any atom is -0.390 e. The second-order valence-electron chi connectivity index (χ2n) is 5.34. The third-order valence-corrected chi connectivity index (χ3v) is 3.71. The molecule has 0 aliphatic carbocycles. The predicted molar refractivity (Wildman–Crippen MR) is 64.7 cm³/mol. The van der Waals surface area contributed by atoms with Gasteiger partial charge in [0.2, 0.25) is 0 Å². The van der Waals surface area contributed by atoms with Gasteiger partial charge in [0.15, 0.2) is 6.29 Å². The normalized spacial score (nSPS) is 50.1. The van der Waals surface area contributed by atoms with Gasteiger partial charge in [-0.25, -0.2) is 0 Å². The maximum atomic E-state index is 9.76. The van der Waals surface area contributed by atoms with Crippen molar-refractivity contribution < 1.29 is 39.7 Å². The molecule has 0 aromatic rings. The van der Waals surface area contributed by atoms with Crippen LogP contribution in [-0.4, -0.2) is 87.8 Å². The lowest BCUT2D eigenvalue weighted by molar-refractivity contribution is -0.300. The topological polar surface area (TPSA) is 129 Å². The first-order valence-corrected chi connectivity index (χ1v) is 6.69. The van der Waals surface area contributed by atoms with Crippen molar-refractivity contribution in [3.63, 3.8) is 0 Å². The van der Waals surface area contributed by atoms with Gasteiger partial charge in [-0.15, -0.1) is 0 Å². The first-order valence-electron chi connectivity index (χ1n) is 6.69. The average molecular weight is 294 g/mol. The van der Waals surface area contributed by atoms with Gasteiger partial charge in [-0.2, -0.15) is 0 Å². The van der Waals surface area contributed by atoms with Crippen molar-refractivity contribution in [3.05, 3.63) is 0 Å². The van der Waals surface area contributed by atoms with Crippen LogP contribution in [0.2, 0.25) is 0 Å². The Bertz CT molecular complexity index is 314. The van der Waals surface area contributed by atoms with Crippen LogP contribution in [0, 0.1) is 0 Å². The van der Waals surface area contributed by atoms with E-state index >= 15 is 0 Å². The van der Waals surface area contributed by atoms with E-state index in [4.69, 9.17) is 14.2 Å². The van der Waals surface area contributed by atoms with Crippen LogP contribution in [0.5, 0.6) is 0 Å². The van der Waals surface area contributed by atoms with E-state index in [1.54, 1.807) is 6.92 Å². The van der Waals surface area contributed by atoms with E-state index in [0.717, 1.165) is 0 Å². The van der Waals surface area contributed by atoms with Crippen molar-refractivity contribution in [1.29, 1.82) is 0 Å². The molecular weight excluding hydrogens is 272 g/mol. The van der Waals surface area contributed by atoms with Crippen LogP contribution in [0.15, 0.2) is 0 Å². The molecular formula is C12H22O8. The Morgan fingerprint density at radius 2 is 1.70 bits per heavy atom. The van der Waals surface area contributed by atoms with E-state index in [1.807, 2.05) is 0 Å². The highest BCUT2D eigenvalue weighted by Gasteiger charge is 2.42. The summed E-state index contributed by atoms with van der Waals surface area (Å²) in [5.74, 6) is 0. The van der Waals surface area contributed by atoms with E-state index in [-0.39, 0.29) is 19.6 Å². The summed E-state index contributed by atoms with van der Waals surface area (Å²) in [7, 11) is 0. The van der Waals surface area contributed by atoms with Gasteiger partial charge >= 0.3 is 0 Å². The van der Waals surface area contributed by atoms with Gasteiger partial charge < -0.3 is 39.7 Å². The van der Waals surface area contributed by atoms with Crippen LogP contribution in [-0.2, 0) is 14.2 Å². The molecule has 8 nitrogen and oxygen atoms in total. The van der Waals surface area contributed by atoms with Crippen molar-refractivity contribution in [3.8, 4) is 0 Å². The second-order valence-corrected chi connectivity index (χ2v) is 5.34. The molecule has 2 aliphatic heterocycles. The van der Waals surface area contributed by atoms with Crippen LogP contribution in [0.1, 0.15) is 13.3 Å². The zero-order valence-corrected chi connectivity index (χ0v) is 11.2. The molecule has 0 aromatic heterocycles. The van der Waals surface area contributed by atoms with Crippen LogP contribution >= 0.6 is 0 Å². The maximum Gasteiger partial charge on any atom is 0.186 e. The van der Waals surface area contributed by atoms with E-state index < -0.39 is 49.0 Å². The summed E-state index contributed by atoms with van der Waals surface area (Å²) in [5, 5.41) is 47.8. The molecule has 2 rings (SSSR count). The molecule has 2 fully saturated rings. The van der Waals surface area contributed by atoms with Crippen LogP contribution < -0.4 is 0 Å². The van der Waals surface area contributed by atoms with Gasteiger partial charge in [0.25, 0.3) is 0 Å². The average Bonchev–Trinajstić information content (AvgIpc) is 2.42. The number of rotatable bonds is 3. The first-order chi connectivity index (χ1) is 9.40. The Morgan fingerprint density at radius 1 is 1.00 bits per heavy atom. The molecule has 8 atom stereocenters. The predicted octanol–water partition coefficient (Wildman–Crippen LogP) is -2.66. The highest BCUT2D eigenvalue weighted by molar-refractivity contribution is 4.87. The fourth-order valence-electron chi connectivity index (χ4n) is 2.31. The smallest absolute Gasteiger partial charge is 0.186 e. The van der Waals surface area contributed by atoms with Crippen molar-refractivity contribution in [2.45, 2.75) is 62.4 Å². The zero-order chi connectivity index (χ0) is 14.9. The Kier molecular flexibility index (Phi) is 5.32. The fourth-order valence-corrected chi connectivity index (χ4v) is 2.31. The minimum absolute atomic E-state index is 0.0149. The van der Waals surface area contributed by atoms with Gasteiger partial charge in [-0.1, -0.05) is 0 Å². The van der Waals surface area contributed by atoms with E-state index in [2.05, 4.69) is 0 Å². The largest absolute Gasteiger partial charge is 0.390 e. The number of hydrogen-bond acceptors (Lipinski definition) is 8. The highest BCUT2D eigenvalue weighted by Crippen LogP contribution is 2.23. The summed E-state index contributed by atoms with van der Waals surface area (Å²) in [5.41, 5.74) is 0. The SMILES string of the molecule is C[C@@H]1O[C@@H](OC[C@@H]2C[C@H](O)[C@@H](O)CO2)[C@H](O)[C@@H](O)[C@H]1O. The molecule has 20 heavy (non-hydrogen) atoms. The first kappa shape index (κ1) is 16.1. The molecule has 8 heteroatoms. The highest BCUT2D eigenvalue weighted by atomic mass is 16.7. The molecule has 0 amide bonds. The van der Waals surface area contributed by atoms with Crippen LogP contribution in [0.4, 0.5) is 0 Å². The van der Waals surface area contributed by atoms with Crippen molar-refractivity contribution >= 4 is 0 Å². The Balaban J connectivity index is 1.81. The van der Waals surface area contributed by atoms with E-state index in [9.17, 15) is 25.5 Å². The molecule has 2 saturated heterocycles. The molecule has 2 heterocycles. The Hall–Kier alpha value is -0.320. The molecule has 0 spiro atoms. The van der Waals surface area contributed by atoms with Gasteiger partial charge in [0, 0.05) is 6.42 Å². The maximum absolute atomic E-state index is 9.76. The third kappa shape index (κ3) is 3.46. The van der Waals surface area contributed by atoms with Crippen LogP contribution in [0.25, 0.3) is 0 Å². The summed E-state index contributed by atoms with van der Waals surface area (Å²) in [6.07, 6.45) is -7.61. The third-order valence-electron chi connectivity index (χ3n) is 3.71. The fraction of sp³-hybridized carbons (Fsp3) is 1.00. The monoisotopic (exact) mass is 294 g/mol. The summed E-state index contributed by atoms with van der Waals surface area (Å²) in [6, 6.07) is 0. The Morgan fingerprint density at radius 3 is 2.35 bits per heavy atom. The van der Waals surface area contributed by atoms with Gasteiger partial charge in [0.05, 0.1) is 31.5 Å². The summed E-state index contributed by atoms with van der Waals surface area (Å²) in [4.78, 5) is 0. The van der Waals surface area contributed by atoms with E-state index in [1.165, 1.54) is 0 Å². The summed E-state index contributed by atoms with van der Waals surface area (Å²) < 4.78 is 15.9. The van der Waals surface area contributed by atoms with Crippen molar-refractivity contribution in [1.82, 2.24) is 0 Å². The molecule has 5 N–H and O–H groups in total. The lowest BCUT2D eigenvalue weighted by Crippen LogP contribution is -2.57. The van der Waals surface area contributed by atoms with Crippen LogP contribution in [0.3, 0.4) is 0 Å². The Labute approximate surface area is 116 Å². The van der Waals surface area contributed by atoms with Gasteiger partial charge in [-0.3, -0.25) is 0 Å². The molecule has 0 unspecified atom stereocenters. The standard InChI is InChI=1S/C12H22O8/c1-5-9(15)10(16)11(17)12(20-5)19-3-6-2-7(13)8(14)4-18-6/h5-17H,2-4H2,1H3/t5-,6-,7-,8-,9-,10-,11+,12+/m0/s1. The molecule has 2 aliphatic rings. The van der Waals surface area contributed by atoms with Crippen molar-refractivity contribution in [2.24, 2.45) is 0 Å².